The van der Waals surface area contributed by atoms with Crippen molar-refractivity contribution in [3.05, 3.63) is 54.7 Å². The van der Waals surface area contributed by atoms with Crippen LogP contribution in [0.25, 0.3) is 10.9 Å². The maximum atomic E-state index is 12.6. The zero-order valence-corrected chi connectivity index (χ0v) is 15.6. The molecule has 27 heavy (non-hydrogen) atoms. The lowest BCUT2D eigenvalue weighted by atomic mass is 9.73. The van der Waals surface area contributed by atoms with Crippen LogP contribution in [0.15, 0.2) is 49.2 Å². The number of benzene rings is 1. The van der Waals surface area contributed by atoms with E-state index in [1.54, 1.807) is 0 Å². The van der Waals surface area contributed by atoms with E-state index in [1.807, 2.05) is 30.5 Å². The highest BCUT2D eigenvalue weighted by molar-refractivity contribution is 5.83. The van der Waals surface area contributed by atoms with Crippen LogP contribution in [0.4, 0.5) is 0 Å². The molecule has 0 radical (unpaired) electrons. The van der Waals surface area contributed by atoms with Crippen molar-refractivity contribution >= 4 is 16.9 Å². The van der Waals surface area contributed by atoms with Crippen molar-refractivity contribution in [1.82, 2.24) is 9.88 Å². The zero-order chi connectivity index (χ0) is 18.4. The second kappa shape index (κ2) is 6.75. The molecule has 1 aromatic heterocycles. The molecule has 1 saturated carbocycles. The Morgan fingerprint density at radius 3 is 2.85 bits per heavy atom. The molecule has 0 spiro atoms. The Labute approximate surface area is 160 Å². The highest BCUT2D eigenvalue weighted by atomic mass is 16.5. The van der Waals surface area contributed by atoms with Crippen molar-refractivity contribution in [2.75, 3.05) is 13.1 Å². The molecule has 4 fully saturated rings. The number of fused-ring (bicyclic) bond motifs is 4. The molecule has 0 amide bonds. The minimum absolute atomic E-state index is 0.0242. The van der Waals surface area contributed by atoms with Crippen LogP contribution in [-0.4, -0.2) is 35.0 Å². The summed E-state index contributed by atoms with van der Waals surface area (Å²) in [7, 11) is 0. The first-order chi connectivity index (χ1) is 13.2. The summed E-state index contributed by atoms with van der Waals surface area (Å²) in [6, 6.07) is 10.5. The van der Waals surface area contributed by atoms with Crippen LogP contribution in [0.5, 0.6) is 0 Å². The number of para-hydroxylation sites is 1. The summed E-state index contributed by atoms with van der Waals surface area (Å²) < 4.78 is 6.20. The molecule has 3 saturated heterocycles. The number of carbonyl (C=O) groups is 1. The number of hydrogen-bond acceptors (Lipinski definition) is 4. The van der Waals surface area contributed by atoms with E-state index in [0.29, 0.717) is 11.8 Å². The molecule has 5 atom stereocenters. The fraction of sp³-hybridized carbons (Fsp3) is 0.478. The van der Waals surface area contributed by atoms with Crippen LogP contribution in [0.3, 0.4) is 0 Å². The maximum absolute atomic E-state index is 12.6. The number of rotatable bonds is 5. The van der Waals surface area contributed by atoms with Gasteiger partial charge in [0.2, 0.25) is 0 Å². The van der Waals surface area contributed by atoms with Gasteiger partial charge >= 0.3 is 5.97 Å². The molecule has 4 heteroatoms. The van der Waals surface area contributed by atoms with Gasteiger partial charge in [0.1, 0.15) is 6.10 Å². The van der Waals surface area contributed by atoms with Crippen LogP contribution in [-0.2, 0) is 9.53 Å². The fourth-order valence-electron chi connectivity index (χ4n) is 4.95. The molecular weight excluding hydrogens is 336 g/mol. The second-order valence-electron chi connectivity index (χ2n) is 8.30. The highest BCUT2D eigenvalue weighted by Gasteiger charge is 2.45. The van der Waals surface area contributed by atoms with Gasteiger partial charge in [-0.05, 0) is 56.2 Å². The van der Waals surface area contributed by atoms with E-state index < -0.39 is 0 Å². The number of ether oxygens (including phenoxy) is 1. The molecule has 2 aromatic rings. The van der Waals surface area contributed by atoms with Gasteiger partial charge in [-0.3, -0.25) is 14.7 Å². The monoisotopic (exact) mass is 362 g/mol. The van der Waals surface area contributed by atoms with Gasteiger partial charge in [-0.15, -0.1) is 6.58 Å². The molecule has 1 aromatic carbocycles. The van der Waals surface area contributed by atoms with E-state index in [1.165, 1.54) is 6.42 Å². The minimum atomic E-state index is -0.223. The van der Waals surface area contributed by atoms with Crippen LogP contribution in [0.1, 0.15) is 37.4 Å². The number of esters is 1. The van der Waals surface area contributed by atoms with Gasteiger partial charge in [0.25, 0.3) is 0 Å². The number of pyridine rings is 1. The van der Waals surface area contributed by atoms with Gasteiger partial charge in [-0.1, -0.05) is 24.3 Å². The molecule has 2 bridgehead atoms. The van der Waals surface area contributed by atoms with E-state index in [0.717, 1.165) is 48.8 Å². The third kappa shape index (κ3) is 3.06. The minimum Gasteiger partial charge on any atom is -0.456 e. The van der Waals surface area contributed by atoms with Gasteiger partial charge in [0, 0.05) is 23.7 Å². The molecule has 0 N–H and O–H groups in total. The Balaban J connectivity index is 1.53. The average Bonchev–Trinajstić information content (AvgIpc) is 3.57. The van der Waals surface area contributed by atoms with E-state index in [2.05, 4.69) is 28.6 Å². The average molecular weight is 362 g/mol. The summed E-state index contributed by atoms with van der Waals surface area (Å²) in [5, 5.41) is 1.09. The SMILES string of the molecule is C=CC1CN2CCC1CC2C(OC(=O)C1CC1)c1ccnc2ccccc12. The molecule has 3 aliphatic heterocycles. The van der Waals surface area contributed by atoms with E-state index in [4.69, 9.17) is 4.74 Å². The third-order valence-electron chi connectivity index (χ3n) is 6.65. The van der Waals surface area contributed by atoms with Gasteiger partial charge in [0.15, 0.2) is 0 Å². The predicted octanol–water partition coefficient (Wildman–Crippen LogP) is 4.13. The van der Waals surface area contributed by atoms with Gasteiger partial charge in [-0.2, -0.15) is 0 Å². The molecule has 5 unspecified atom stereocenters. The normalized spacial score (nSPS) is 30.8. The lowest BCUT2D eigenvalue weighted by Gasteiger charge is -2.51. The molecule has 4 heterocycles. The van der Waals surface area contributed by atoms with Gasteiger partial charge in [-0.25, -0.2) is 0 Å². The number of carbonyl (C=O) groups excluding carboxylic acids is 1. The summed E-state index contributed by atoms with van der Waals surface area (Å²) >= 11 is 0. The first-order valence-electron chi connectivity index (χ1n) is 10.2. The lowest BCUT2D eigenvalue weighted by Crippen LogP contribution is -2.55. The number of piperidine rings is 3. The topological polar surface area (TPSA) is 42.4 Å². The summed E-state index contributed by atoms with van der Waals surface area (Å²) in [5.41, 5.74) is 2.06. The second-order valence-corrected chi connectivity index (χ2v) is 8.30. The molecule has 140 valence electrons. The molecule has 1 aliphatic carbocycles. The standard InChI is InChI=1S/C23H26N2O2/c1-2-15-14-25-12-10-17(15)13-21(25)22(27-23(26)16-7-8-16)19-9-11-24-20-6-4-3-5-18(19)20/h2-6,9,11,15-17,21-22H,1,7-8,10,12-14H2. The Morgan fingerprint density at radius 2 is 2.11 bits per heavy atom. The third-order valence-corrected chi connectivity index (χ3v) is 6.65. The van der Waals surface area contributed by atoms with Gasteiger partial charge < -0.3 is 4.74 Å². The van der Waals surface area contributed by atoms with E-state index in [9.17, 15) is 4.79 Å². The van der Waals surface area contributed by atoms with Crippen molar-refractivity contribution in [3.63, 3.8) is 0 Å². The maximum Gasteiger partial charge on any atom is 0.309 e. The fourth-order valence-corrected chi connectivity index (χ4v) is 4.95. The molecular formula is C23H26N2O2. The smallest absolute Gasteiger partial charge is 0.309 e. The van der Waals surface area contributed by atoms with Crippen molar-refractivity contribution in [1.29, 1.82) is 0 Å². The Bertz CT molecular complexity index is 870. The lowest BCUT2D eigenvalue weighted by molar-refractivity contribution is -0.158. The van der Waals surface area contributed by atoms with Crippen LogP contribution >= 0.6 is 0 Å². The number of nitrogens with zero attached hydrogens (tertiary/aromatic N) is 2. The van der Waals surface area contributed by atoms with Gasteiger partial charge in [0.05, 0.1) is 17.5 Å². The van der Waals surface area contributed by atoms with E-state index >= 15 is 0 Å². The summed E-state index contributed by atoms with van der Waals surface area (Å²) in [4.78, 5) is 19.6. The van der Waals surface area contributed by atoms with Crippen molar-refractivity contribution in [2.45, 2.75) is 37.8 Å². The van der Waals surface area contributed by atoms with Crippen molar-refractivity contribution < 1.29 is 9.53 Å². The quantitative estimate of drug-likeness (QED) is 0.593. The summed E-state index contributed by atoms with van der Waals surface area (Å²) in [6.07, 6.45) is 7.96. The molecule has 4 aliphatic rings. The molecule has 6 rings (SSSR count). The van der Waals surface area contributed by atoms with Crippen molar-refractivity contribution in [3.8, 4) is 0 Å². The first-order valence-corrected chi connectivity index (χ1v) is 10.2. The van der Waals surface area contributed by atoms with Crippen LogP contribution in [0, 0.1) is 17.8 Å². The molecule has 4 nitrogen and oxygen atoms in total. The Morgan fingerprint density at radius 1 is 1.26 bits per heavy atom. The number of hydrogen-bond donors (Lipinski definition) is 0. The zero-order valence-electron chi connectivity index (χ0n) is 15.6. The summed E-state index contributed by atoms with van der Waals surface area (Å²) in [5.74, 6) is 1.29. The Kier molecular flexibility index (Phi) is 4.24. The first kappa shape index (κ1) is 16.9. The summed E-state index contributed by atoms with van der Waals surface area (Å²) in [6.45, 7) is 6.14. The highest BCUT2D eigenvalue weighted by Crippen LogP contribution is 2.44. The van der Waals surface area contributed by atoms with Crippen LogP contribution < -0.4 is 0 Å². The largest absolute Gasteiger partial charge is 0.456 e. The van der Waals surface area contributed by atoms with Crippen molar-refractivity contribution in [2.24, 2.45) is 17.8 Å². The predicted molar refractivity (Wildman–Crippen MR) is 105 cm³/mol. The number of aromatic nitrogens is 1. The Hall–Kier alpha value is -2.20. The van der Waals surface area contributed by atoms with E-state index in [-0.39, 0.29) is 24.0 Å². The van der Waals surface area contributed by atoms with Crippen LogP contribution in [0.2, 0.25) is 0 Å².